The van der Waals surface area contributed by atoms with Gasteiger partial charge in [0.2, 0.25) is 17.7 Å². The summed E-state index contributed by atoms with van der Waals surface area (Å²) in [5.74, 6) is -0.408. The van der Waals surface area contributed by atoms with Crippen molar-refractivity contribution >= 4 is 17.8 Å². The highest BCUT2D eigenvalue weighted by molar-refractivity contribution is 5.95. The molecule has 0 spiro atoms. The van der Waals surface area contributed by atoms with Gasteiger partial charge in [0.15, 0.2) is 0 Å². The van der Waals surface area contributed by atoms with Crippen LogP contribution in [0.1, 0.15) is 24.0 Å². The Balaban J connectivity index is 2.20. The van der Waals surface area contributed by atoms with Crippen LogP contribution in [0.4, 0.5) is 5.95 Å². The van der Waals surface area contributed by atoms with E-state index in [1.165, 1.54) is 4.90 Å². The van der Waals surface area contributed by atoms with Gasteiger partial charge in [-0.1, -0.05) is 6.92 Å². The van der Waals surface area contributed by atoms with Gasteiger partial charge in [0.05, 0.1) is 0 Å². The van der Waals surface area contributed by atoms with Gasteiger partial charge in [0, 0.05) is 13.1 Å². The third-order valence-electron chi connectivity index (χ3n) is 2.68. The summed E-state index contributed by atoms with van der Waals surface area (Å²) in [5, 5.41) is 8.77. The molecule has 1 fully saturated rings. The lowest BCUT2D eigenvalue weighted by atomic mass is 10.1. The third kappa shape index (κ3) is 2.05. The molecule has 1 aliphatic rings. The lowest BCUT2D eigenvalue weighted by Crippen LogP contribution is -2.57. The first-order valence-corrected chi connectivity index (χ1v) is 5.40. The van der Waals surface area contributed by atoms with Gasteiger partial charge < -0.3 is 16.0 Å². The van der Waals surface area contributed by atoms with E-state index in [9.17, 15) is 9.59 Å². The molecule has 17 heavy (non-hydrogen) atoms. The van der Waals surface area contributed by atoms with Crippen LogP contribution in [0, 0.1) is 0 Å². The van der Waals surface area contributed by atoms with E-state index in [0.717, 1.165) is 0 Å². The van der Waals surface area contributed by atoms with E-state index in [1.807, 2.05) is 6.92 Å². The van der Waals surface area contributed by atoms with Crippen LogP contribution >= 0.6 is 0 Å². The summed E-state index contributed by atoms with van der Waals surface area (Å²) in [6, 6.07) is -0.456. The fourth-order valence-electron chi connectivity index (χ4n) is 1.87. The van der Waals surface area contributed by atoms with Crippen LogP contribution in [-0.2, 0) is 4.79 Å². The molecule has 0 aromatic carbocycles. The van der Waals surface area contributed by atoms with Crippen LogP contribution < -0.4 is 11.1 Å². The maximum absolute atomic E-state index is 12.1. The first kappa shape index (κ1) is 11.4. The number of H-pyrrole nitrogens is 1. The van der Waals surface area contributed by atoms with Crippen molar-refractivity contribution in [2.24, 2.45) is 0 Å². The second-order valence-electron chi connectivity index (χ2n) is 3.76. The summed E-state index contributed by atoms with van der Waals surface area (Å²) in [6.45, 7) is 2.76. The first-order valence-electron chi connectivity index (χ1n) is 5.40. The van der Waals surface area contributed by atoms with Crippen LogP contribution in [0.3, 0.4) is 0 Å². The lowest BCUT2D eigenvalue weighted by molar-refractivity contribution is -0.127. The molecule has 1 aromatic heterocycles. The Morgan fingerprint density at radius 1 is 1.65 bits per heavy atom. The number of piperazine rings is 1. The predicted molar refractivity (Wildman–Crippen MR) is 58.9 cm³/mol. The van der Waals surface area contributed by atoms with Gasteiger partial charge in [-0.25, -0.2) is 0 Å². The molecule has 0 bridgehead atoms. The van der Waals surface area contributed by atoms with E-state index < -0.39 is 6.04 Å². The van der Waals surface area contributed by atoms with Crippen molar-refractivity contribution in [2.45, 2.75) is 19.4 Å². The zero-order valence-electron chi connectivity index (χ0n) is 9.43. The predicted octanol–water partition coefficient (Wildman–Crippen LogP) is -1.26. The molecule has 92 valence electrons. The topological polar surface area (TPSA) is 117 Å². The van der Waals surface area contributed by atoms with Crippen LogP contribution in [0.2, 0.25) is 0 Å². The number of anilines is 1. The number of aromatic amines is 1. The summed E-state index contributed by atoms with van der Waals surface area (Å²) < 4.78 is 0. The Hall–Kier alpha value is -2.12. The molecule has 4 N–H and O–H groups in total. The van der Waals surface area contributed by atoms with Crippen molar-refractivity contribution in [3.8, 4) is 0 Å². The van der Waals surface area contributed by atoms with Crippen molar-refractivity contribution in [1.29, 1.82) is 0 Å². The Kier molecular flexibility index (Phi) is 2.94. The minimum Gasteiger partial charge on any atom is -0.366 e. The molecule has 0 aliphatic carbocycles. The number of nitrogens with one attached hydrogen (secondary N) is 2. The van der Waals surface area contributed by atoms with Crippen molar-refractivity contribution in [1.82, 2.24) is 25.4 Å². The van der Waals surface area contributed by atoms with Crippen molar-refractivity contribution in [3.63, 3.8) is 0 Å². The van der Waals surface area contributed by atoms with Gasteiger partial charge >= 0.3 is 0 Å². The summed E-state index contributed by atoms with van der Waals surface area (Å²) >= 11 is 0. The highest BCUT2D eigenvalue weighted by Gasteiger charge is 2.33. The van der Waals surface area contributed by atoms with E-state index in [4.69, 9.17) is 5.73 Å². The van der Waals surface area contributed by atoms with Crippen LogP contribution in [0.5, 0.6) is 0 Å². The van der Waals surface area contributed by atoms with Crippen LogP contribution in [0.25, 0.3) is 0 Å². The van der Waals surface area contributed by atoms with Crippen LogP contribution in [-0.4, -0.2) is 51.0 Å². The molecule has 8 heteroatoms. The molecular formula is C9H14N6O2. The number of rotatable bonds is 2. The fraction of sp³-hybridized carbons (Fsp3) is 0.556. The van der Waals surface area contributed by atoms with E-state index >= 15 is 0 Å². The number of carbonyl (C=O) groups is 2. The minimum absolute atomic E-state index is 0.0165. The second-order valence-corrected chi connectivity index (χ2v) is 3.76. The molecule has 8 nitrogen and oxygen atoms in total. The Labute approximate surface area is 97.6 Å². The summed E-state index contributed by atoms with van der Waals surface area (Å²) in [6.07, 6.45) is 0.557. The van der Waals surface area contributed by atoms with Gasteiger partial charge in [0.1, 0.15) is 6.04 Å². The summed E-state index contributed by atoms with van der Waals surface area (Å²) in [4.78, 5) is 28.9. The lowest BCUT2D eigenvalue weighted by Gasteiger charge is -2.33. The molecule has 2 heterocycles. The summed E-state index contributed by atoms with van der Waals surface area (Å²) in [5.41, 5.74) is 5.34. The number of carbonyl (C=O) groups excluding carboxylic acids is 2. The normalized spacial score (nSPS) is 20.2. The molecule has 1 aliphatic heterocycles. The van der Waals surface area contributed by atoms with Gasteiger partial charge in [-0.2, -0.15) is 4.98 Å². The Bertz CT molecular complexity index is 442. The second kappa shape index (κ2) is 4.40. The van der Waals surface area contributed by atoms with E-state index in [0.29, 0.717) is 19.5 Å². The number of hydrogen-bond acceptors (Lipinski definition) is 5. The average Bonchev–Trinajstić information content (AvgIpc) is 2.74. The van der Waals surface area contributed by atoms with Crippen LogP contribution in [0.15, 0.2) is 0 Å². The number of hydrogen-bond donors (Lipinski definition) is 3. The Morgan fingerprint density at radius 3 is 3.00 bits per heavy atom. The number of nitrogens with zero attached hydrogens (tertiary/aromatic N) is 3. The van der Waals surface area contributed by atoms with Crippen molar-refractivity contribution < 1.29 is 9.59 Å². The monoisotopic (exact) mass is 238 g/mol. The average molecular weight is 238 g/mol. The minimum atomic E-state index is -0.456. The van der Waals surface area contributed by atoms with Gasteiger partial charge in [-0.05, 0) is 6.42 Å². The maximum Gasteiger partial charge on any atom is 0.291 e. The van der Waals surface area contributed by atoms with E-state index in [2.05, 4.69) is 20.5 Å². The number of nitrogen functional groups attached to an aromatic ring is 1. The smallest absolute Gasteiger partial charge is 0.291 e. The number of nitrogens with two attached hydrogens (primary N) is 1. The number of amides is 2. The zero-order chi connectivity index (χ0) is 12.4. The Morgan fingerprint density at radius 2 is 2.41 bits per heavy atom. The first-order chi connectivity index (χ1) is 8.13. The quantitative estimate of drug-likeness (QED) is 0.594. The van der Waals surface area contributed by atoms with Gasteiger partial charge in [0.25, 0.3) is 5.91 Å². The fourth-order valence-corrected chi connectivity index (χ4v) is 1.87. The molecule has 1 saturated heterocycles. The molecule has 0 radical (unpaired) electrons. The number of aromatic nitrogens is 3. The molecule has 0 saturated carbocycles. The molecule has 1 atom stereocenters. The maximum atomic E-state index is 12.1. The highest BCUT2D eigenvalue weighted by Crippen LogP contribution is 2.11. The standard InChI is InChI=1S/C9H14N6O2/c1-2-5-7(16)11-3-4-15(5)8(17)6-12-9(10)14-13-6/h5H,2-4H2,1H3,(H,11,16)(H3,10,12,13,14). The summed E-state index contributed by atoms with van der Waals surface area (Å²) in [7, 11) is 0. The zero-order valence-corrected chi connectivity index (χ0v) is 9.43. The molecule has 1 unspecified atom stereocenters. The molecule has 2 amide bonds. The van der Waals surface area contributed by atoms with E-state index in [1.54, 1.807) is 0 Å². The van der Waals surface area contributed by atoms with Gasteiger partial charge in [-0.3, -0.25) is 14.7 Å². The third-order valence-corrected chi connectivity index (χ3v) is 2.68. The van der Waals surface area contributed by atoms with Crippen molar-refractivity contribution in [3.05, 3.63) is 5.82 Å². The molecule has 2 rings (SSSR count). The van der Waals surface area contributed by atoms with Gasteiger partial charge in [-0.15, -0.1) is 5.10 Å². The highest BCUT2D eigenvalue weighted by atomic mass is 16.2. The molecule has 1 aromatic rings. The van der Waals surface area contributed by atoms with Crippen molar-refractivity contribution in [2.75, 3.05) is 18.8 Å². The molecular weight excluding hydrogens is 224 g/mol. The largest absolute Gasteiger partial charge is 0.366 e. The van der Waals surface area contributed by atoms with E-state index in [-0.39, 0.29) is 23.6 Å². The SMILES string of the molecule is CCC1C(=O)NCCN1C(=O)c1nc(N)n[nH]1.